The van der Waals surface area contributed by atoms with Gasteiger partial charge in [0.1, 0.15) is 0 Å². The molecule has 0 aromatic carbocycles. The maximum atomic E-state index is 11.3. The lowest BCUT2D eigenvalue weighted by atomic mass is 10.4. The minimum atomic E-state index is -0.349. The van der Waals surface area contributed by atoms with Crippen molar-refractivity contribution in [3.63, 3.8) is 0 Å². The summed E-state index contributed by atoms with van der Waals surface area (Å²) in [7, 11) is 1.57. The maximum Gasteiger partial charge on any atom is 0.288 e. The number of nitrogen functional groups attached to an aromatic ring is 1. The van der Waals surface area contributed by atoms with Crippen LogP contribution in [0, 0.1) is 0 Å². The van der Waals surface area contributed by atoms with Crippen molar-refractivity contribution in [1.82, 2.24) is 20.5 Å². The van der Waals surface area contributed by atoms with Crippen molar-refractivity contribution in [3.05, 3.63) is 5.82 Å². The summed E-state index contributed by atoms with van der Waals surface area (Å²) in [6, 6.07) is 0. The van der Waals surface area contributed by atoms with Crippen molar-refractivity contribution in [3.8, 4) is 0 Å². The molecule has 0 saturated carbocycles. The minimum absolute atomic E-state index is 0.0424. The highest BCUT2D eigenvalue weighted by Crippen LogP contribution is 1.93. The van der Waals surface area contributed by atoms with Gasteiger partial charge in [0.25, 0.3) is 5.91 Å². The maximum absolute atomic E-state index is 11.3. The lowest BCUT2D eigenvalue weighted by Gasteiger charge is -2.08. The second kappa shape index (κ2) is 4.56. The molecule has 4 N–H and O–H groups in total. The largest absolute Gasteiger partial charge is 0.380 e. The molecular weight excluding hydrogens is 186 g/mol. The zero-order valence-corrected chi connectivity index (χ0v) is 8.07. The van der Waals surface area contributed by atoms with E-state index in [2.05, 4.69) is 20.5 Å². The van der Waals surface area contributed by atoms with E-state index in [1.165, 1.54) is 0 Å². The van der Waals surface area contributed by atoms with Gasteiger partial charge < -0.3 is 15.8 Å². The summed E-state index contributed by atoms with van der Waals surface area (Å²) in [5.41, 5.74) is 5.24. The van der Waals surface area contributed by atoms with E-state index in [4.69, 9.17) is 10.5 Å². The summed E-state index contributed by atoms with van der Waals surface area (Å²) >= 11 is 0. The summed E-state index contributed by atoms with van der Waals surface area (Å²) in [6.45, 7) is 2.25. The Balaban J connectivity index is 2.43. The third-order valence-corrected chi connectivity index (χ3v) is 1.67. The number of rotatable bonds is 4. The van der Waals surface area contributed by atoms with Crippen LogP contribution < -0.4 is 11.1 Å². The number of ether oxygens (including phenoxy) is 1. The molecule has 1 rings (SSSR count). The third kappa shape index (κ3) is 2.70. The predicted molar refractivity (Wildman–Crippen MR) is 49.6 cm³/mol. The number of methoxy groups -OCH3 is 1. The smallest absolute Gasteiger partial charge is 0.288 e. The topological polar surface area (TPSA) is 106 Å². The Bertz CT molecular complexity index is 311. The van der Waals surface area contributed by atoms with Crippen LogP contribution in [0.25, 0.3) is 0 Å². The molecule has 1 heterocycles. The van der Waals surface area contributed by atoms with Crippen LogP contribution >= 0.6 is 0 Å². The van der Waals surface area contributed by atoms with Gasteiger partial charge in [-0.15, -0.1) is 5.10 Å². The molecule has 0 radical (unpaired) electrons. The molecule has 7 nitrogen and oxygen atoms in total. The molecule has 1 aromatic rings. The van der Waals surface area contributed by atoms with Gasteiger partial charge in [0, 0.05) is 13.7 Å². The Morgan fingerprint density at radius 3 is 3.00 bits per heavy atom. The van der Waals surface area contributed by atoms with Gasteiger partial charge in [-0.2, -0.15) is 4.98 Å². The first kappa shape index (κ1) is 10.5. The van der Waals surface area contributed by atoms with Gasteiger partial charge in [0.05, 0.1) is 6.10 Å². The van der Waals surface area contributed by atoms with Gasteiger partial charge in [-0.25, -0.2) is 0 Å². The molecule has 0 spiro atoms. The summed E-state index contributed by atoms with van der Waals surface area (Å²) in [6.07, 6.45) is -0.0424. The molecule has 0 aliphatic carbocycles. The van der Waals surface area contributed by atoms with Crippen molar-refractivity contribution in [2.75, 3.05) is 19.4 Å². The fourth-order valence-electron chi connectivity index (χ4n) is 0.780. The van der Waals surface area contributed by atoms with Gasteiger partial charge in [-0.05, 0) is 6.92 Å². The van der Waals surface area contributed by atoms with Gasteiger partial charge in [-0.1, -0.05) is 0 Å². The van der Waals surface area contributed by atoms with E-state index in [0.717, 1.165) is 0 Å². The average Bonchev–Trinajstić information content (AvgIpc) is 2.60. The number of amides is 1. The molecular formula is C7H13N5O2. The first-order valence-electron chi connectivity index (χ1n) is 4.12. The molecule has 78 valence electrons. The number of nitrogens with zero attached hydrogens (tertiary/aromatic N) is 2. The van der Waals surface area contributed by atoms with Gasteiger partial charge >= 0.3 is 0 Å². The number of nitrogens with two attached hydrogens (primary N) is 1. The summed E-state index contributed by atoms with van der Waals surface area (Å²) in [4.78, 5) is 15.0. The van der Waals surface area contributed by atoms with E-state index in [-0.39, 0.29) is 23.8 Å². The average molecular weight is 199 g/mol. The lowest BCUT2D eigenvalue weighted by molar-refractivity contribution is 0.0862. The molecule has 7 heteroatoms. The monoisotopic (exact) mass is 199 g/mol. The van der Waals surface area contributed by atoms with E-state index in [0.29, 0.717) is 6.54 Å². The van der Waals surface area contributed by atoms with Crippen LogP contribution in [0.15, 0.2) is 0 Å². The van der Waals surface area contributed by atoms with Gasteiger partial charge in [0.15, 0.2) is 0 Å². The zero-order valence-electron chi connectivity index (χ0n) is 8.07. The first-order chi connectivity index (χ1) is 6.63. The molecule has 1 aromatic heterocycles. The quantitative estimate of drug-likeness (QED) is 0.585. The number of carbonyl (C=O) groups is 1. The molecule has 0 fully saturated rings. The number of hydrogen-bond donors (Lipinski definition) is 3. The van der Waals surface area contributed by atoms with Crippen molar-refractivity contribution in [2.45, 2.75) is 13.0 Å². The Hall–Kier alpha value is -1.63. The number of nitrogens with one attached hydrogen (secondary N) is 2. The SMILES string of the molecule is COC(C)CNC(=O)c1nc(N)n[nH]1. The normalized spacial score (nSPS) is 12.4. The number of aromatic amines is 1. The number of hydrogen-bond acceptors (Lipinski definition) is 5. The molecule has 14 heavy (non-hydrogen) atoms. The van der Waals surface area contributed by atoms with E-state index in [1.54, 1.807) is 7.11 Å². The number of carbonyl (C=O) groups excluding carboxylic acids is 1. The van der Waals surface area contributed by atoms with Crippen LogP contribution in [-0.4, -0.2) is 40.8 Å². The Labute approximate surface area is 81.0 Å². The van der Waals surface area contributed by atoms with Crippen LogP contribution in [-0.2, 0) is 4.74 Å². The number of aromatic nitrogens is 3. The Morgan fingerprint density at radius 2 is 2.50 bits per heavy atom. The van der Waals surface area contributed by atoms with E-state index < -0.39 is 0 Å². The van der Waals surface area contributed by atoms with E-state index in [9.17, 15) is 4.79 Å². The molecule has 1 unspecified atom stereocenters. The van der Waals surface area contributed by atoms with Crippen LogP contribution in [0.5, 0.6) is 0 Å². The summed E-state index contributed by atoms with van der Waals surface area (Å²) in [5.74, 6) is -0.196. The van der Waals surface area contributed by atoms with Crippen molar-refractivity contribution < 1.29 is 9.53 Å². The second-order valence-corrected chi connectivity index (χ2v) is 2.80. The zero-order chi connectivity index (χ0) is 10.6. The highest BCUT2D eigenvalue weighted by Gasteiger charge is 2.10. The van der Waals surface area contributed by atoms with Gasteiger partial charge in [-0.3, -0.25) is 9.89 Å². The first-order valence-corrected chi connectivity index (χ1v) is 4.12. The number of H-pyrrole nitrogens is 1. The Kier molecular flexibility index (Phi) is 3.41. The summed E-state index contributed by atoms with van der Waals surface area (Å²) < 4.78 is 4.96. The molecule has 0 saturated heterocycles. The van der Waals surface area contributed by atoms with Crippen LogP contribution in [0.4, 0.5) is 5.95 Å². The minimum Gasteiger partial charge on any atom is -0.380 e. The Morgan fingerprint density at radius 1 is 1.79 bits per heavy atom. The fraction of sp³-hybridized carbons (Fsp3) is 0.571. The molecule has 0 aliphatic rings. The van der Waals surface area contributed by atoms with E-state index >= 15 is 0 Å². The molecule has 1 atom stereocenters. The third-order valence-electron chi connectivity index (χ3n) is 1.67. The highest BCUT2D eigenvalue weighted by molar-refractivity contribution is 5.90. The summed E-state index contributed by atoms with van der Waals surface area (Å²) in [5, 5.41) is 8.55. The van der Waals surface area contributed by atoms with Crippen molar-refractivity contribution in [1.29, 1.82) is 0 Å². The van der Waals surface area contributed by atoms with E-state index in [1.807, 2.05) is 6.92 Å². The molecule has 1 amide bonds. The highest BCUT2D eigenvalue weighted by atomic mass is 16.5. The van der Waals surface area contributed by atoms with Crippen molar-refractivity contribution >= 4 is 11.9 Å². The fourth-order valence-corrected chi connectivity index (χ4v) is 0.780. The standard InChI is InChI=1S/C7H13N5O2/c1-4(14-2)3-9-6(13)5-10-7(8)12-11-5/h4H,3H2,1-2H3,(H,9,13)(H3,8,10,11,12). The predicted octanol–water partition coefficient (Wildman–Crippen LogP) is -0.848. The molecule has 0 aliphatic heterocycles. The second-order valence-electron chi connectivity index (χ2n) is 2.80. The van der Waals surface area contributed by atoms with Crippen molar-refractivity contribution in [2.24, 2.45) is 0 Å². The number of anilines is 1. The molecule has 0 bridgehead atoms. The van der Waals surface area contributed by atoms with Crippen LogP contribution in [0.1, 0.15) is 17.5 Å². The van der Waals surface area contributed by atoms with Crippen LogP contribution in [0.2, 0.25) is 0 Å². The van der Waals surface area contributed by atoms with Crippen LogP contribution in [0.3, 0.4) is 0 Å². The lowest BCUT2D eigenvalue weighted by Crippen LogP contribution is -2.32. The van der Waals surface area contributed by atoms with Gasteiger partial charge in [0.2, 0.25) is 11.8 Å².